The molecule has 144 valence electrons. The highest BCUT2D eigenvalue weighted by Crippen LogP contribution is 2.35. The van der Waals surface area contributed by atoms with Crippen molar-refractivity contribution >= 4 is 28.3 Å². The van der Waals surface area contributed by atoms with Crippen LogP contribution in [0.4, 0.5) is 5.82 Å². The Morgan fingerprint density at radius 2 is 1.82 bits per heavy atom. The Kier molecular flexibility index (Phi) is 4.62. The van der Waals surface area contributed by atoms with Crippen molar-refractivity contribution in [2.45, 2.75) is 0 Å². The fourth-order valence-electron chi connectivity index (χ4n) is 2.68. The Morgan fingerprint density at radius 1 is 1.18 bits per heavy atom. The summed E-state index contributed by atoms with van der Waals surface area (Å²) in [5, 5.41) is 20.9. The number of phenols is 2. The summed E-state index contributed by atoms with van der Waals surface area (Å²) in [5.74, 6) is -3.09. The van der Waals surface area contributed by atoms with Gasteiger partial charge < -0.3 is 20.7 Å². The number of anilines is 1. The largest absolute Gasteiger partial charge is 0.507 e. The summed E-state index contributed by atoms with van der Waals surface area (Å²) in [6, 6.07) is 7.31. The molecule has 10 nitrogen and oxygen atoms in total. The molecule has 1 heterocycles. The number of rotatable bonds is 4. The van der Waals surface area contributed by atoms with E-state index in [2.05, 4.69) is 0 Å². The van der Waals surface area contributed by atoms with Gasteiger partial charge in [0.2, 0.25) is 5.78 Å². The van der Waals surface area contributed by atoms with Crippen LogP contribution < -0.4 is 17.0 Å². The van der Waals surface area contributed by atoms with Crippen LogP contribution >= 0.6 is 0 Å². The zero-order valence-corrected chi connectivity index (χ0v) is 14.6. The number of Topliss-reactive ketones (excluding diaryl/α,β-unsaturated/α-hetero) is 1. The van der Waals surface area contributed by atoms with Crippen LogP contribution in [0.2, 0.25) is 0 Å². The number of nitrogens with one attached hydrogen (secondary N) is 1. The Balaban J connectivity index is 1.88. The zero-order chi connectivity index (χ0) is 20.6. The van der Waals surface area contributed by atoms with Crippen molar-refractivity contribution in [3.05, 3.63) is 62.3 Å². The molecule has 0 aliphatic carbocycles. The lowest BCUT2D eigenvalue weighted by molar-refractivity contribution is 0.0471. The lowest BCUT2D eigenvalue weighted by atomic mass is 10.0. The van der Waals surface area contributed by atoms with E-state index in [0.29, 0.717) is 5.39 Å². The van der Waals surface area contributed by atoms with Crippen LogP contribution in [0.3, 0.4) is 0 Å². The number of carbonyl (C=O) groups is 2. The Bertz CT molecular complexity index is 1240. The van der Waals surface area contributed by atoms with Crippen LogP contribution in [0.25, 0.3) is 10.8 Å². The molecule has 0 amide bonds. The summed E-state index contributed by atoms with van der Waals surface area (Å²) in [4.78, 5) is 49.7. The van der Waals surface area contributed by atoms with Crippen LogP contribution in [-0.2, 0) is 11.8 Å². The first-order valence-corrected chi connectivity index (χ1v) is 7.95. The third-order valence-corrected chi connectivity index (χ3v) is 4.20. The first-order chi connectivity index (χ1) is 13.2. The van der Waals surface area contributed by atoms with Crippen LogP contribution in [0, 0.1) is 0 Å². The average Bonchev–Trinajstić information content (AvgIpc) is 2.67. The molecule has 3 aromatic rings. The molecule has 2 aromatic carbocycles. The van der Waals surface area contributed by atoms with Gasteiger partial charge in [0.1, 0.15) is 28.4 Å². The monoisotopic (exact) mass is 385 g/mol. The minimum Gasteiger partial charge on any atom is -0.507 e. The number of nitrogen functional groups attached to an aromatic ring is 1. The van der Waals surface area contributed by atoms with Gasteiger partial charge in [0.15, 0.2) is 6.61 Å². The highest BCUT2D eigenvalue weighted by molar-refractivity contribution is 6.05. The maximum absolute atomic E-state index is 12.3. The van der Waals surface area contributed by atoms with Crippen LogP contribution in [0.5, 0.6) is 11.5 Å². The van der Waals surface area contributed by atoms with Gasteiger partial charge in [-0.2, -0.15) is 0 Å². The topological polar surface area (TPSA) is 165 Å². The number of phenolic OH excluding ortho intramolecular Hbond substituents is 2. The number of H-pyrrole nitrogens is 1. The molecular weight excluding hydrogens is 370 g/mol. The zero-order valence-electron chi connectivity index (χ0n) is 14.6. The lowest BCUT2D eigenvalue weighted by Crippen LogP contribution is -2.35. The highest BCUT2D eigenvalue weighted by atomic mass is 16.5. The maximum Gasteiger partial charge on any atom is 0.342 e. The smallest absolute Gasteiger partial charge is 0.342 e. The van der Waals surface area contributed by atoms with Crippen LogP contribution in [-0.4, -0.2) is 38.1 Å². The van der Waals surface area contributed by atoms with Crippen molar-refractivity contribution in [3.8, 4) is 11.5 Å². The van der Waals surface area contributed by atoms with Gasteiger partial charge in [-0.1, -0.05) is 24.3 Å². The minimum absolute atomic E-state index is 0.222. The molecule has 0 bridgehead atoms. The molecule has 3 rings (SSSR count). The molecule has 28 heavy (non-hydrogen) atoms. The number of aromatic hydroxyl groups is 2. The van der Waals surface area contributed by atoms with E-state index < -0.39 is 40.9 Å². The number of aromatic amines is 1. The predicted octanol–water partition coefficient (Wildman–Crippen LogP) is 0.260. The summed E-state index contributed by atoms with van der Waals surface area (Å²) >= 11 is 0. The molecule has 0 radical (unpaired) electrons. The van der Waals surface area contributed by atoms with Crippen LogP contribution in [0.15, 0.2) is 39.9 Å². The third kappa shape index (κ3) is 3.07. The quantitative estimate of drug-likeness (QED) is 0.282. The molecule has 5 N–H and O–H groups in total. The van der Waals surface area contributed by atoms with E-state index in [1.54, 1.807) is 18.2 Å². The van der Waals surface area contributed by atoms with Crippen molar-refractivity contribution in [3.63, 3.8) is 0 Å². The Labute approximate surface area is 156 Å². The van der Waals surface area contributed by atoms with Crippen molar-refractivity contribution in [1.29, 1.82) is 0 Å². The van der Waals surface area contributed by atoms with Crippen molar-refractivity contribution in [1.82, 2.24) is 9.55 Å². The van der Waals surface area contributed by atoms with E-state index in [1.807, 2.05) is 4.98 Å². The molecule has 0 atom stereocenters. The molecule has 0 aliphatic rings. The number of ether oxygens (including phenoxy) is 1. The van der Waals surface area contributed by atoms with E-state index in [1.165, 1.54) is 13.1 Å². The number of aromatic nitrogens is 2. The molecule has 1 aromatic heterocycles. The summed E-state index contributed by atoms with van der Waals surface area (Å²) in [6.07, 6.45) is 0. The lowest BCUT2D eigenvalue weighted by Gasteiger charge is -2.11. The summed E-state index contributed by atoms with van der Waals surface area (Å²) in [5.41, 5.74) is 2.93. The van der Waals surface area contributed by atoms with E-state index in [0.717, 1.165) is 10.6 Å². The number of esters is 1. The summed E-state index contributed by atoms with van der Waals surface area (Å²) in [7, 11) is 1.26. The van der Waals surface area contributed by atoms with Gasteiger partial charge in [-0.25, -0.2) is 9.59 Å². The second-order valence-corrected chi connectivity index (χ2v) is 5.92. The van der Waals surface area contributed by atoms with Crippen LogP contribution in [0.1, 0.15) is 20.7 Å². The molecule has 0 aliphatic heterocycles. The second-order valence-electron chi connectivity index (χ2n) is 5.92. The molecule has 0 saturated heterocycles. The molecule has 0 spiro atoms. The standard InChI is InChI=1S/C18H15N3O7/c1-21-15(19)13(16(25)20-18(21)27)12(23)7-28-17(26)10-6-11(22)8-4-2-3-5-9(8)14(10)24/h2-6,22,24H,7,19H2,1H3,(H,20,25,27). The number of carbonyl (C=O) groups excluding carboxylic acids is 2. The summed E-state index contributed by atoms with van der Waals surface area (Å²) < 4.78 is 5.72. The second kappa shape index (κ2) is 6.91. The number of hydrogen-bond acceptors (Lipinski definition) is 8. The Hall–Kier alpha value is -4.08. The number of fused-ring (bicyclic) bond motifs is 1. The fraction of sp³-hybridized carbons (Fsp3) is 0.111. The van der Waals surface area contributed by atoms with E-state index in [4.69, 9.17) is 10.5 Å². The SMILES string of the molecule is Cn1c(N)c(C(=O)COC(=O)c2cc(O)c3ccccc3c2O)c(=O)[nH]c1=O. The van der Waals surface area contributed by atoms with Gasteiger partial charge in [-0.05, 0) is 6.07 Å². The molecular formula is C18H15N3O7. The average molecular weight is 385 g/mol. The molecule has 0 fully saturated rings. The van der Waals surface area contributed by atoms with Crippen molar-refractivity contribution in [2.24, 2.45) is 7.05 Å². The van der Waals surface area contributed by atoms with Gasteiger partial charge in [0.25, 0.3) is 5.56 Å². The normalized spacial score (nSPS) is 10.8. The number of nitrogens with two attached hydrogens (primary N) is 1. The fourth-order valence-corrected chi connectivity index (χ4v) is 2.68. The molecule has 0 saturated carbocycles. The van der Waals surface area contributed by atoms with Gasteiger partial charge in [-0.3, -0.25) is 19.1 Å². The minimum atomic E-state index is -1.09. The van der Waals surface area contributed by atoms with Gasteiger partial charge in [0, 0.05) is 17.8 Å². The first kappa shape index (κ1) is 18.7. The molecule has 0 unspecified atom stereocenters. The van der Waals surface area contributed by atoms with E-state index >= 15 is 0 Å². The third-order valence-electron chi connectivity index (χ3n) is 4.20. The number of nitrogens with zero attached hydrogens (tertiary/aromatic N) is 1. The van der Waals surface area contributed by atoms with Gasteiger partial charge >= 0.3 is 11.7 Å². The predicted molar refractivity (Wildman–Crippen MR) is 98.6 cm³/mol. The van der Waals surface area contributed by atoms with Crippen molar-refractivity contribution in [2.75, 3.05) is 12.3 Å². The first-order valence-electron chi connectivity index (χ1n) is 7.95. The van der Waals surface area contributed by atoms with E-state index in [-0.39, 0.29) is 22.5 Å². The highest BCUT2D eigenvalue weighted by Gasteiger charge is 2.22. The van der Waals surface area contributed by atoms with E-state index in [9.17, 15) is 29.4 Å². The van der Waals surface area contributed by atoms with Gasteiger partial charge in [-0.15, -0.1) is 0 Å². The number of benzene rings is 2. The number of ketones is 1. The van der Waals surface area contributed by atoms with Gasteiger partial charge in [0.05, 0.1) is 0 Å². The molecule has 10 heteroatoms. The maximum atomic E-state index is 12.3. The number of hydrogen-bond donors (Lipinski definition) is 4. The van der Waals surface area contributed by atoms with Crippen molar-refractivity contribution < 1.29 is 24.5 Å². The summed E-state index contributed by atoms with van der Waals surface area (Å²) in [6.45, 7) is -0.864. The Morgan fingerprint density at radius 3 is 2.50 bits per heavy atom.